The van der Waals surface area contributed by atoms with Crippen molar-refractivity contribution in [2.24, 2.45) is 5.41 Å². The first-order valence-corrected chi connectivity index (χ1v) is 11.6. The average Bonchev–Trinajstić information content (AvgIpc) is 3.08. The first-order chi connectivity index (χ1) is 15.3. The predicted molar refractivity (Wildman–Crippen MR) is 128 cm³/mol. The van der Waals surface area contributed by atoms with E-state index in [-0.39, 0.29) is 35.7 Å². The molecule has 0 saturated carbocycles. The van der Waals surface area contributed by atoms with Gasteiger partial charge in [0.05, 0.1) is 24.0 Å². The van der Waals surface area contributed by atoms with Gasteiger partial charge < -0.3 is 15.5 Å². The van der Waals surface area contributed by atoms with Gasteiger partial charge in [-0.3, -0.25) is 9.59 Å². The van der Waals surface area contributed by atoms with Crippen LogP contribution in [0.1, 0.15) is 44.7 Å². The number of nitrogens with one attached hydrogen (secondary N) is 2. The molecule has 3 aliphatic rings. The van der Waals surface area contributed by atoms with Crippen LogP contribution in [-0.2, 0) is 22.4 Å². The molecular weight excluding hydrogens is 398 g/mol. The second-order valence-corrected chi connectivity index (χ2v) is 10.2. The second-order valence-electron chi connectivity index (χ2n) is 10.2. The van der Waals surface area contributed by atoms with Gasteiger partial charge in [0.25, 0.3) is 0 Å². The number of anilines is 2. The van der Waals surface area contributed by atoms with Crippen LogP contribution in [0.5, 0.6) is 0 Å². The van der Waals surface area contributed by atoms with E-state index in [1.165, 1.54) is 11.1 Å². The standard InChI is InChI=1S/C27H31N3O2/c1-17-26-22(14-27(2,3)15-24(26)31)29-21-10-6-7-11-23(21)30(17)16-25(32)28-20-12-18-8-4-5-9-19(18)13-20/h4-11,17,20,29H,12-16H2,1-3H3,(H,28,32). The lowest BCUT2D eigenvalue weighted by molar-refractivity contribution is -0.121. The molecule has 2 aromatic carbocycles. The Kier molecular flexibility index (Phi) is 5.07. The molecule has 5 nitrogen and oxygen atoms in total. The molecule has 1 amide bonds. The first kappa shape index (κ1) is 20.8. The van der Waals surface area contributed by atoms with Gasteiger partial charge in [-0.15, -0.1) is 0 Å². The summed E-state index contributed by atoms with van der Waals surface area (Å²) in [5.74, 6) is 0.179. The zero-order valence-corrected chi connectivity index (χ0v) is 19.1. The number of para-hydroxylation sites is 2. The van der Waals surface area contributed by atoms with Crippen molar-refractivity contribution in [3.05, 3.63) is 70.9 Å². The molecule has 2 aliphatic carbocycles. The highest BCUT2D eigenvalue weighted by Gasteiger charge is 2.39. The number of fused-ring (bicyclic) bond motifs is 2. The van der Waals surface area contributed by atoms with Crippen LogP contribution in [0.3, 0.4) is 0 Å². The Morgan fingerprint density at radius 2 is 1.72 bits per heavy atom. The number of carbonyl (C=O) groups is 2. The van der Waals surface area contributed by atoms with Crippen LogP contribution in [0.25, 0.3) is 0 Å². The van der Waals surface area contributed by atoms with Crippen molar-refractivity contribution in [2.75, 3.05) is 16.8 Å². The van der Waals surface area contributed by atoms with Gasteiger partial charge >= 0.3 is 0 Å². The summed E-state index contributed by atoms with van der Waals surface area (Å²) < 4.78 is 0. The number of ketones is 1. The number of amides is 1. The third kappa shape index (κ3) is 3.81. The van der Waals surface area contributed by atoms with Gasteiger partial charge in [-0.05, 0) is 54.9 Å². The smallest absolute Gasteiger partial charge is 0.239 e. The molecule has 5 heteroatoms. The number of rotatable bonds is 3. The number of allylic oxidation sites excluding steroid dienone is 1. The summed E-state index contributed by atoms with van der Waals surface area (Å²) >= 11 is 0. The van der Waals surface area contributed by atoms with E-state index in [1.807, 2.05) is 31.2 Å². The Bertz CT molecular complexity index is 1090. The van der Waals surface area contributed by atoms with E-state index in [2.05, 4.69) is 53.6 Å². The highest BCUT2D eigenvalue weighted by molar-refractivity contribution is 6.01. The van der Waals surface area contributed by atoms with Gasteiger partial charge in [0.15, 0.2) is 5.78 Å². The molecule has 0 bridgehead atoms. The van der Waals surface area contributed by atoms with Gasteiger partial charge in [0.1, 0.15) is 0 Å². The van der Waals surface area contributed by atoms with Crippen molar-refractivity contribution in [2.45, 2.75) is 58.5 Å². The van der Waals surface area contributed by atoms with Crippen molar-refractivity contribution < 1.29 is 9.59 Å². The maximum atomic E-state index is 13.2. The average molecular weight is 430 g/mol. The van der Waals surface area contributed by atoms with Crippen LogP contribution >= 0.6 is 0 Å². The third-order valence-corrected chi connectivity index (χ3v) is 7.03. The summed E-state index contributed by atoms with van der Waals surface area (Å²) in [6.45, 7) is 6.56. The van der Waals surface area contributed by atoms with Crippen molar-refractivity contribution in [3.63, 3.8) is 0 Å². The number of hydrogen-bond donors (Lipinski definition) is 2. The van der Waals surface area contributed by atoms with Crippen LogP contribution in [0.15, 0.2) is 59.8 Å². The van der Waals surface area contributed by atoms with Crippen LogP contribution in [0.4, 0.5) is 11.4 Å². The Morgan fingerprint density at radius 1 is 1.06 bits per heavy atom. The van der Waals surface area contributed by atoms with Crippen LogP contribution in [-0.4, -0.2) is 30.3 Å². The van der Waals surface area contributed by atoms with Gasteiger partial charge in [0.2, 0.25) is 5.91 Å². The molecule has 2 N–H and O–H groups in total. The van der Waals surface area contributed by atoms with E-state index in [0.29, 0.717) is 6.42 Å². The molecule has 32 heavy (non-hydrogen) atoms. The molecule has 1 unspecified atom stereocenters. The summed E-state index contributed by atoms with van der Waals surface area (Å²) in [7, 11) is 0. The molecule has 5 rings (SSSR count). The van der Waals surface area contributed by atoms with Gasteiger partial charge in [0, 0.05) is 23.7 Å². The van der Waals surface area contributed by atoms with E-state index in [4.69, 9.17) is 0 Å². The number of Topliss-reactive ketones (excluding diaryl/α,β-unsaturated/α-hetero) is 1. The Hall–Kier alpha value is -3.08. The summed E-state index contributed by atoms with van der Waals surface area (Å²) in [5, 5.41) is 6.79. The van der Waals surface area contributed by atoms with E-state index in [0.717, 1.165) is 41.9 Å². The number of hydrogen-bond acceptors (Lipinski definition) is 4. The Labute approximate surface area is 189 Å². The highest BCUT2D eigenvalue weighted by Crippen LogP contribution is 2.43. The van der Waals surface area contributed by atoms with E-state index in [9.17, 15) is 9.59 Å². The zero-order chi connectivity index (χ0) is 22.5. The van der Waals surface area contributed by atoms with E-state index >= 15 is 0 Å². The number of nitrogens with zero attached hydrogens (tertiary/aromatic N) is 1. The summed E-state index contributed by atoms with van der Waals surface area (Å²) in [6, 6.07) is 16.4. The van der Waals surface area contributed by atoms with Gasteiger partial charge in [-0.25, -0.2) is 0 Å². The molecular formula is C27H31N3O2. The van der Waals surface area contributed by atoms with Gasteiger partial charge in [-0.1, -0.05) is 50.2 Å². The second kappa shape index (κ2) is 7.80. The third-order valence-electron chi connectivity index (χ3n) is 7.03. The molecule has 1 aliphatic heterocycles. The van der Waals surface area contributed by atoms with Crippen molar-refractivity contribution >= 4 is 23.1 Å². The molecule has 0 spiro atoms. The molecule has 0 aromatic heterocycles. The van der Waals surface area contributed by atoms with Gasteiger partial charge in [-0.2, -0.15) is 0 Å². The molecule has 1 atom stereocenters. The first-order valence-electron chi connectivity index (χ1n) is 11.6. The van der Waals surface area contributed by atoms with E-state index < -0.39 is 0 Å². The molecule has 1 heterocycles. The lowest BCUT2D eigenvalue weighted by Gasteiger charge is -2.36. The van der Waals surface area contributed by atoms with Crippen molar-refractivity contribution in [1.82, 2.24) is 5.32 Å². The minimum absolute atomic E-state index is 0.00269. The highest BCUT2D eigenvalue weighted by atomic mass is 16.2. The van der Waals surface area contributed by atoms with Crippen molar-refractivity contribution in [1.29, 1.82) is 0 Å². The van der Waals surface area contributed by atoms with Crippen LogP contribution in [0, 0.1) is 5.41 Å². The summed E-state index contributed by atoms with van der Waals surface area (Å²) in [4.78, 5) is 28.4. The number of benzene rings is 2. The van der Waals surface area contributed by atoms with Crippen LogP contribution < -0.4 is 15.5 Å². The van der Waals surface area contributed by atoms with Crippen molar-refractivity contribution in [3.8, 4) is 0 Å². The Morgan fingerprint density at radius 3 is 2.44 bits per heavy atom. The summed E-state index contributed by atoms with van der Waals surface area (Å²) in [5.41, 5.74) is 6.31. The minimum atomic E-state index is -0.170. The lowest BCUT2D eigenvalue weighted by atomic mass is 9.74. The molecule has 0 saturated heterocycles. The zero-order valence-electron chi connectivity index (χ0n) is 19.1. The van der Waals surface area contributed by atoms with E-state index in [1.54, 1.807) is 0 Å². The maximum Gasteiger partial charge on any atom is 0.239 e. The van der Waals surface area contributed by atoms with Crippen LogP contribution in [0.2, 0.25) is 0 Å². The topological polar surface area (TPSA) is 61.4 Å². The fourth-order valence-corrected chi connectivity index (χ4v) is 5.60. The molecule has 0 radical (unpaired) electrons. The maximum absolute atomic E-state index is 13.2. The molecule has 166 valence electrons. The summed E-state index contributed by atoms with van der Waals surface area (Å²) in [6.07, 6.45) is 3.11. The monoisotopic (exact) mass is 429 g/mol. The lowest BCUT2D eigenvalue weighted by Crippen LogP contribution is -2.47. The molecule has 0 fully saturated rings. The minimum Gasteiger partial charge on any atom is -0.357 e. The SMILES string of the molecule is CC1C2=C(CC(C)(C)CC2=O)Nc2ccccc2N1CC(=O)NC1Cc2ccccc2C1. The predicted octanol–water partition coefficient (Wildman–Crippen LogP) is 4.23. The number of carbonyl (C=O) groups excluding carboxylic acids is 2. The fourth-order valence-electron chi connectivity index (χ4n) is 5.60. The fraction of sp³-hybridized carbons (Fsp3) is 0.407. The largest absolute Gasteiger partial charge is 0.357 e. The molecule has 2 aromatic rings. The quantitative estimate of drug-likeness (QED) is 0.766. The Balaban J connectivity index is 1.40. The normalized spacial score (nSPS) is 21.9.